The maximum atomic E-state index is 11.5. The lowest BCUT2D eigenvalue weighted by Crippen LogP contribution is -2.00. The van der Waals surface area contributed by atoms with E-state index in [1.807, 2.05) is 30.3 Å². The minimum Gasteiger partial charge on any atom is -0.276 e. The molecule has 0 N–H and O–H groups in total. The van der Waals surface area contributed by atoms with Crippen LogP contribution < -0.4 is 0 Å². The normalized spacial score (nSPS) is 10.3. The highest BCUT2D eigenvalue weighted by Crippen LogP contribution is 2.31. The van der Waals surface area contributed by atoms with E-state index in [1.165, 1.54) is 11.8 Å². The summed E-state index contributed by atoms with van der Waals surface area (Å²) in [6.07, 6.45) is 0. The molecule has 0 saturated heterocycles. The van der Waals surface area contributed by atoms with E-state index in [1.54, 1.807) is 18.2 Å². The maximum Gasteiger partial charge on any atom is 0.253 e. The summed E-state index contributed by atoms with van der Waals surface area (Å²) in [4.78, 5) is 23.4. The van der Waals surface area contributed by atoms with Crippen molar-refractivity contribution >= 4 is 45.4 Å². The lowest BCUT2D eigenvalue weighted by Gasteiger charge is -2.09. The Kier molecular flexibility index (Phi) is 5.24. The molecular weight excluding hydrogens is 315 g/mol. The Morgan fingerprint density at radius 1 is 0.850 bits per heavy atom. The Bertz CT molecular complexity index is 609. The van der Waals surface area contributed by atoms with Crippen molar-refractivity contribution < 1.29 is 9.59 Å². The van der Waals surface area contributed by atoms with Crippen molar-refractivity contribution in [3.05, 3.63) is 65.2 Å². The number of carbonyl (C=O) groups excluding carboxylic acids is 2. The molecule has 0 bridgehead atoms. The van der Waals surface area contributed by atoms with Crippen molar-refractivity contribution in [1.82, 2.24) is 0 Å². The van der Waals surface area contributed by atoms with Gasteiger partial charge in [-0.3, -0.25) is 9.59 Å². The first-order valence-corrected chi connectivity index (χ1v) is 7.53. The molecule has 2 aromatic carbocycles. The molecule has 0 saturated carbocycles. The van der Waals surface area contributed by atoms with Crippen molar-refractivity contribution in [2.45, 2.75) is 10.6 Å². The van der Waals surface area contributed by atoms with Gasteiger partial charge in [-0.1, -0.05) is 36.4 Å². The number of thioether (sulfide) groups is 1. The zero-order valence-corrected chi connectivity index (χ0v) is 12.6. The Hall–Kier alpha value is -1.29. The highest BCUT2D eigenvalue weighted by Gasteiger charge is 2.17. The first kappa shape index (κ1) is 15.1. The van der Waals surface area contributed by atoms with Gasteiger partial charge >= 0.3 is 0 Å². The predicted octanol–water partition coefficient (Wildman–Crippen LogP) is 4.74. The molecule has 0 spiro atoms. The van der Waals surface area contributed by atoms with Crippen LogP contribution in [0.4, 0.5) is 0 Å². The predicted molar refractivity (Wildman–Crippen MR) is 82.8 cm³/mol. The highest BCUT2D eigenvalue weighted by molar-refractivity contribution is 7.98. The minimum atomic E-state index is -0.597. The van der Waals surface area contributed by atoms with E-state index in [-0.39, 0.29) is 0 Å². The van der Waals surface area contributed by atoms with Crippen LogP contribution in [0.15, 0.2) is 53.4 Å². The van der Waals surface area contributed by atoms with Crippen LogP contribution >= 0.6 is 35.0 Å². The molecule has 0 aromatic heterocycles. The van der Waals surface area contributed by atoms with Crippen molar-refractivity contribution in [3.63, 3.8) is 0 Å². The number of hydrogen-bond acceptors (Lipinski definition) is 3. The van der Waals surface area contributed by atoms with Crippen LogP contribution in [0.3, 0.4) is 0 Å². The van der Waals surface area contributed by atoms with Crippen LogP contribution in [0.1, 0.15) is 26.3 Å². The number of rotatable bonds is 5. The van der Waals surface area contributed by atoms with Crippen LogP contribution in [0.5, 0.6) is 0 Å². The third-order valence-corrected chi connectivity index (χ3v) is 4.28. The van der Waals surface area contributed by atoms with E-state index < -0.39 is 10.5 Å². The summed E-state index contributed by atoms with van der Waals surface area (Å²) >= 11 is 12.5. The third-order valence-electron chi connectivity index (χ3n) is 2.66. The van der Waals surface area contributed by atoms with E-state index in [9.17, 15) is 9.59 Å². The van der Waals surface area contributed by atoms with E-state index >= 15 is 0 Å². The summed E-state index contributed by atoms with van der Waals surface area (Å²) in [5.41, 5.74) is 1.69. The van der Waals surface area contributed by atoms with Crippen molar-refractivity contribution in [2.24, 2.45) is 0 Å². The van der Waals surface area contributed by atoms with Crippen LogP contribution in [0.25, 0.3) is 0 Å². The molecule has 0 atom stereocenters. The van der Waals surface area contributed by atoms with Crippen molar-refractivity contribution in [1.29, 1.82) is 0 Å². The molecule has 20 heavy (non-hydrogen) atoms. The molecule has 0 unspecified atom stereocenters. The molecule has 0 aliphatic carbocycles. The second-order valence-electron chi connectivity index (χ2n) is 4.00. The molecule has 0 amide bonds. The zero-order valence-electron chi connectivity index (χ0n) is 10.3. The smallest absolute Gasteiger partial charge is 0.253 e. The summed E-state index contributed by atoms with van der Waals surface area (Å²) in [7, 11) is 0. The fourth-order valence-corrected chi connectivity index (χ4v) is 3.29. The van der Waals surface area contributed by atoms with Gasteiger partial charge in [0.15, 0.2) is 0 Å². The molecule has 2 nitrogen and oxygen atoms in total. The monoisotopic (exact) mass is 324 g/mol. The molecule has 102 valence electrons. The second kappa shape index (κ2) is 6.93. The average molecular weight is 325 g/mol. The second-order valence-corrected chi connectivity index (χ2v) is 5.68. The fraction of sp³-hybridized carbons (Fsp3) is 0.0667. The van der Waals surface area contributed by atoms with Gasteiger partial charge in [0, 0.05) is 21.8 Å². The first-order valence-electron chi connectivity index (χ1n) is 5.79. The van der Waals surface area contributed by atoms with Gasteiger partial charge in [-0.15, -0.1) is 11.8 Å². The molecule has 2 aromatic rings. The van der Waals surface area contributed by atoms with Gasteiger partial charge in [-0.25, -0.2) is 0 Å². The highest BCUT2D eigenvalue weighted by atomic mass is 35.5. The summed E-state index contributed by atoms with van der Waals surface area (Å²) in [5.74, 6) is 0.624. The Morgan fingerprint density at radius 3 is 1.90 bits per heavy atom. The topological polar surface area (TPSA) is 34.1 Å². The summed E-state index contributed by atoms with van der Waals surface area (Å²) in [6.45, 7) is 0. The van der Waals surface area contributed by atoms with E-state index in [0.717, 1.165) is 5.56 Å². The lowest BCUT2D eigenvalue weighted by molar-refractivity contribution is 0.107. The largest absolute Gasteiger partial charge is 0.276 e. The third kappa shape index (κ3) is 3.63. The Labute approximate surface area is 131 Å². The molecule has 0 aliphatic rings. The van der Waals surface area contributed by atoms with Gasteiger partial charge in [-0.2, -0.15) is 0 Å². The molecule has 0 aliphatic heterocycles. The minimum absolute atomic E-state index is 0.305. The van der Waals surface area contributed by atoms with E-state index in [0.29, 0.717) is 21.8 Å². The molecule has 0 heterocycles. The Morgan fingerprint density at radius 2 is 1.40 bits per heavy atom. The Balaban J connectivity index is 2.33. The van der Waals surface area contributed by atoms with E-state index in [4.69, 9.17) is 23.2 Å². The maximum absolute atomic E-state index is 11.5. The van der Waals surface area contributed by atoms with Gasteiger partial charge in [-0.05, 0) is 40.9 Å². The van der Waals surface area contributed by atoms with Crippen LogP contribution in [0, 0.1) is 0 Å². The number of carbonyl (C=O) groups is 2. The number of hydrogen-bond donors (Lipinski definition) is 0. The standard InChI is InChI=1S/C15H10Cl2O2S/c16-14(18)11-7-4-8-12(15(17)19)13(11)20-9-10-5-2-1-3-6-10/h1-8H,9H2. The SMILES string of the molecule is O=C(Cl)c1cccc(C(=O)Cl)c1SCc1ccccc1. The quantitative estimate of drug-likeness (QED) is 0.588. The number of benzene rings is 2. The number of halogens is 2. The fourth-order valence-electron chi connectivity index (χ4n) is 1.73. The van der Waals surface area contributed by atoms with E-state index in [2.05, 4.69) is 0 Å². The van der Waals surface area contributed by atoms with Gasteiger partial charge in [0.1, 0.15) is 0 Å². The molecule has 0 fully saturated rings. The summed E-state index contributed by atoms with van der Waals surface area (Å²) < 4.78 is 0. The van der Waals surface area contributed by atoms with Gasteiger partial charge < -0.3 is 0 Å². The van der Waals surface area contributed by atoms with Crippen LogP contribution in [0.2, 0.25) is 0 Å². The first-order chi connectivity index (χ1) is 9.59. The van der Waals surface area contributed by atoms with Crippen LogP contribution in [-0.4, -0.2) is 10.5 Å². The van der Waals surface area contributed by atoms with Gasteiger partial charge in [0.2, 0.25) is 0 Å². The molecule has 0 radical (unpaired) electrons. The lowest BCUT2D eigenvalue weighted by atomic mass is 10.1. The van der Waals surface area contributed by atoms with Crippen molar-refractivity contribution in [2.75, 3.05) is 0 Å². The summed E-state index contributed by atoms with van der Waals surface area (Å²) in [5, 5.41) is -1.19. The van der Waals surface area contributed by atoms with Crippen molar-refractivity contribution in [3.8, 4) is 0 Å². The molecule has 2 rings (SSSR count). The van der Waals surface area contributed by atoms with Gasteiger partial charge in [0.25, 0.3) is 10.5 Å². The zero-order chi connectivity index (χ0) is 14.5. The summed E-state index contributed by atoms with van der Waals surface area (Å²) in [6, 6.07) is 14.5. The van der Waals surface area contributed by atoms with Crippen LogP contribution in [-0.2, 0) is 5.75 Å². The average Bonchev–Trinajstić information content (AvgIpc) is 2.45. The van der Waals surface area contributed by atoms with Gasteiger partial charge in [0.05, 0.1) is 0 Å². The molecule has 5 heteroatoms. The molecular formula is C15H10Cl2O2S.